The predicted molar refractivity (Wildman–Crippen MR) is 59.2 cm³/mol. The first kappa shape index (κ1) is 11.9. The molecule has 1 aromatic carbocycles. The summed E-state index contributed by atoms with van der Waals surface area (Å²) in [6, 6.07) is 9.55. The van der Waals surface area contributed by atoms with Crippen LogP contribution in [0.4, 0.5) is 0 Å². The lowest BCUT2D eigenvalue weighted by Crippen LogP contribution is -2.16. The Morgan fingerprint density at radius 1 is 1.40 bits per heavy atom. The fourth-order valence-corrected chi connectivity index (χ4v) is 1.40. The maximum absolute atomic E-state index is 10.5. The molecule has 0 spiro atoms. The lowest BCUT2D eigenvalue weighted by molar-refractivity contribution is 0.350. The summed E-state index contributed by atoms with van der Waals surface area (Å²) in [6.45, 7) is 1.76. The average Bonchev–Trinajstić information content (AvgIpc) is 2.15. The maximum atomic E-state index is 10.5. The van der Waals surface area contributed by atoms with E-state index in [0.717, 1.165) is 11.1 Å². The van der Waals surface area contributed by atoms with E-state index in [1.54, 1.807) is 6.92 Å². The molecule has 0 heterocycles. The van der Waals surface area contributed by atoms with Gasteiger partial charge in [0.2, 0.25) is 0 Å². The third-order valence-corrected chi connectivity index (χ3v) is 2.11. The van der Waals surface area contributed by atoms with E-state index in [9.17, 15) is 8.42 Å². The molecule has 5 heteroatoms. The van der Waals surface area contributed by atoms with Crippen molar-refractivity contribution in [2.75, 3.05) is 6.61 Å². The number of hydrogen-bond donors (Lipinski definition) is 1. The minimum absolute atomic E-state index is 0.0201. The van der Waals surface area contributed by atoms with Crippen LogP contribution in [-0.2, 0) is 14.5 Å². The summed E-state index contributed by atoms with van der Waals surface area (Å²) < 4.78 is 25.5. The van der Waals surface area contributed by atoms with Gasteiger partial charge in [0.15, 0.2) is 0 Å². The number of nitrogens with two attached hydrogens (primary N) is 1. The van der Waals surface area contributed by atoms with Gasteiger partial charge in [0, 0.05) is 0 Å². The van der Waals surface area contributed by atoms with E-state index in [0.29, 0.717) is 0 Å². The van der Waals surface area contributed by atoms with Gasteiger partial charge < -0.3 is 0 Å². The summed E-state index contributed by atoms with van der Waals surface area (Å²) in [6.07, 6.45) is 1.84. The first-order valence-corrected chi connectivity index (χ1v) is 5.84. The second-order valence-electron chi connectivity index (χ2n) is 3.16. The lowest BCUT2D eigenvalue weighted by atomic mass is 10.1. The van der Waals surface area contributed by atoms with E-state index >= 15 is 0 Å². The zero-order valence-electron chi connectivity index (χ0n) is 8.38. The van der Waals surface area contributed by atoms with Crippen molar-refractivity contribution < 1.29 is 12.6 Å². The Balaban J connectivity index is 2.62. The highest BCUT2D eigenvalue weighted by Crippen LogP contribution is 2.06. The highest BCUT2D eigenvalue weighted by Gasteiger charge is 2.01. The molecule has 0 amide bonds. The summed E-state index contributed by atoms with van der Waals surface area (Å²) in [7, 11) is -3.85. The molecule has 1 rings (SSSR count). The smallest absolute Gasteiger partial charge is 0.254 e. The Bertz CT molecular complexity index is 437. The van der Waals surface area contributed by atoms with Gasteiger partial charge in [-0.25, -0.2) is 5.14 Å². The highest BCUT2D eigenvalue weighted by atomic mass is 32.2. The second kappa shape index (κ2) is 5.06. The van der Waals surface area contributed by atoms with Crippen LogP contribution in [0.5, 0.6) is 0 Å². The molecule has 0 aliphatic carbocycles. The third-order valence-electron chi connectivity index (χ3n) is 1.66. The van der Waals surface area contributed by atoms with Crippen LogP contribution in [0.15, 0.2) is 35.9 Å². The SMILES string of the molecule is C/C(=C\c1ccccc1)COS(N)(=O)=O. The zero-order chi connectivity index (χ0) is 11.3. The Morgan fingerprint density at radius 3 is 2.53 bits per heavy atom. The molecule has 0 aliphatic heterocycles. The summed E-state index contributed by atoms with van der Waals surface area (Å²) >= 11 is 0. The largest absolute Gasteiger partial charge is 0.333 e. The molecule has 82 valence electrons. The highest BCUT2D eigenvalue weighted by molar-refractivity contribution is 7.84. The maximum Gasteiger partial charge on any atom is 0.333 e. The van der Waals surface area contributed by atoms with E-state index in [2.05, 4.69) is 4.18 Å². The molecule has 0 bridgehead atoms. The van der Waals surface area contributed by atoms with Gasteiger partial charge in [-0.1, -0.05) is 36.4 Å². The van der Waals surface area contributed by atoms with Gasteiger partial charge in [0.1, 0.15) is 0 Å². The van der Waals surface area contributed by atoms with Crippen molar-refractivity contribution in [3.63, 3.8) is 0 Å². The van der Waals surface area contributed by atoms with Crippen molar-refractivity contribution in [2.24, 2.45) is 5.14 Å². The zero-order valence-corrected chi connectivity index (χ0v) is 9.20. The van der Waals surface area contributed by atoms with E-state index in [1.165, 1.54) is 0 Å². The molecule has 15 heavy (non-hydrogen) atoms. The van der Waals surface area contributed by atoms with E-state index in [4.69, 9.17) is 5.14 Å². The van der Waals surface area contributed by atoms with Gasteiger partial charge in [-0.15, -0.1) is 0 Å². The third kappa shape index (κ3) is 5.31. The summed E-state index contributed by atoms with van der Waals surface area (Å²) in [5, 5.41) is 4.70. The standard InChI is InChI=1S/C10H13NO3S/c1-9(8-14-15(11,12)13)7-10-5-3-2-4-6-10/h2-7H,8H2,1H3,(H2,11,12,13)/b9-7+. The van der Waals surface area contributed by atoms with Crippen LogP contribution >= 0.6 is 0 Å². The van der Waals surface area contributed by atoms with Crippen LogP contribution in [0.2, 0.25) is 0 Å². The fourth-order valence-electron chi connectivity index (χ4n) is 1.05. The molecule has 4 nitrogen and oxygen atoms in total. The first-order valence-electron chi connectivity index (χ1n) is 4.37. The molecule has 2 N–H and O–H groups in total. The Labute approximate surface area is 89.6 Å². The number of hydrogen-bond acceptors (Lipinski definition) is 3. The molecule has 0 aromatic heterocycles. The van der Waals surface area contributed by atoms with Crippen LogP contribution < -0.4 is 5.14 Å². The molecular formula is C10H13NO3S. The van der Waals surface area contributed by atoms with Gasteiger partial charge in [-0.05, 0) is 18.1 Å². The van der Waals surface area contributed by atoms with Gasteiger partial charge in [0.05, 0.1) is 6.61 Å². The van der Waals surface area contributed by atoms with Crippen molar-refractivity contribution >= 4 is 16.4 Å². The summed E-state index contributed by atoms with van der Waals surface area (Å²) in [4.78, 5) is 0. The van der Waals surface area contributed by atoms with Crippen LogP contribution in [0, 0.1) is 0 Å². The molecule has 0 aliphatic rings. The van der Waals surface area contributed by atoms with Gasteiger partial charge in [-0.2, -0.15) is 8.42 Å². The van der Waals surface area contributed by atoms with Crippen molar-refractivity contribution in [1.29, 1.82) is 0 Å². The first-order chi connectivity index (χ1) is 6.97. The Hall–Kier alpha value is -1.17. The van der Waals surface area contributed by atoms with E-state index in [-0.39, 0.29) is 6.61 Å². The van der Waals surface area contributed by atoms with Crippen LogP contribution in [0.25, 0.3) is 6.08 Å². The normalized spacial score (nSPS) is 12.8. The lowest BCUT2D eigenvalue weighted by Gasteiger charge is -2.01. The molecule has 0 saturated carbocycles. The molecule has 0 unspecified atom stereocenters. The molecule has 0 fully saturated rings. The monoisotopic (exact) mass is 227 g/mol. The number of benzene rings is 1. The fraction of sp³-hybridized carbons (Fsp3) is 0.200. The van der Waals surface area contributed by atoms with Gasteiger partial charge >= 0.3 is 10.3 Å². The molecule has 0 saturated heterocycles. The van der Waals surface area contributed by atoms with Crippen LogP contribution in [-0.4, -0.2) is 15.0 Å². The minimum Gasteiger partial charge on any atom is -0.254 e. The molecule has 1 aromatic rings. The van der Waals surface area contributed by atoms with Crippen molar-refractivity contribution in [1.82, 2.24) is 0 Å². The molecular weight excluding hydrogens is 214 g/mol. The van der Waals surface area contributed by atoms with Crippen molar-refractivity contribution in [3.05, 3.63) is 41.5 Å². The summed E-state index contributed by atoms with van der Waals surface area (Å²) in [5.41, 5.74) is 1.78. The average molecular weight is 227 g/mol. The Morgan fingerprint density at radius 2 is 2.00 bits per heavy atom. The quantitative estimate of drug-likeness (QED) is 0.843. The molecule has 0 radical (unpaired) electrons. The molecule has 0 atom stereocenters. The predicted octanol–water partition coefficient (Wildman–Crippen LogP) is 1.31. The second-order valence-corrected chi connectivity index (χ2v) is 4.38. The number of rotatable bonds is 4. The van der Waals surface area contributed by atoms with Crippen LogP contribution in [0.1, 0.15) is 12.5 Å². The topological polar surface area (TPSA) is 69.4 Å². The van der Waals surface area contributed by atoms with Gasteiger partial charge in [-0.3, -0.25) is 4.18 Å². The summed E-state index contributed by atoms with van der Waals surface area (Å²) in [5.74, 6) is 0. The van der Waals surface area contributed by atoms with E-state index in [1.807, 2.05) is 36.4 Å². The van der Waals surface area contributed by atoms with E-state index < -0.39 is 10.3 Å². The minimum atomic E-state index is -3.85. The van der Waals surface area contributed by atoms with Gasteiger partial charge in [0.25, 0.3) is 0 Å². The van der Waals surface area contributed by atoms with Crippen molar-refractivity contribution in [2.45, 2.75) is 6.92 Å². The van der Waals surface area contributed by atoms with Crippen molar-refractivity contribution in [3.8, 4) is 0 Å². The van der Waals surface area contributed by atoms with Crippen LogP contribution in [0.3, 0.4) is 0 Å². The Kier molecular flexibility index (Phi) is 4.02.